The molecule has 2 fully saturated rings. The third kappa shape index (κ3) is 3.22. The third-order valence-corrected chi connectivity index (χ3v) is 4.56. The van der Waals surface area contributed by atoms with Crippen LogP contribution in [0.2, 0.25) is 0 Å². The molecule has 2 nitrogen and oxygen atoms in total. The van der Waals surface area contributed by atoms with Crippen LogP contribution in [0, 0.1) is 16.7 Å². The summed E-state index contributed by atoms with van der Waals surface area (Å²) in [4.78, 5) is 0. The summed E-state index contributed by atoms with van der Waals surface area (Å²) >= 11 is 0. The van der Waals surface area contributed by atoms with Gasteiger partial charge in [0.2, 0.25) is 0 Å². The molecule has 2 rings (SSSR count). The van der Waals surface area contributed by atoms with Crippen LogP contribution < -0.4 is 5.32 Å². The van der Waals surface area contributed by atoms with Gasteiger partial charge in [0.25, 0.3) is 0 Å². The van der Waals surface area contributed by atoms with Crippen LogP contribution in [0.25, 0.3) is 0 Å². The van der Waals surface area contributed by atoms with E-state index in [1.807, 2.05) is 0 Å². The Labute approximate surface area is 106 Å². The quantitative estimate of drug-likeness (QED) is 0.738. The van der Waals surface area contributed by atoms with E-state index in [0.717, 1.165) is 12.8 Å². The zero-order chi connectivity index (χ0) is 12.4. The Hall–Kier alpha value is -0.550. The van der Waals surface area contributed by atoms with Crippen LogP contribution in [0.15, 0.2) is 0 Å². The molecule has 2 aliphatic carbocycles. The van der Waals surface area contributed by atoms with Gasteiger partial charge in [0, 0.05) is 6.04 Å². The van der Waals surface area contributed by atoms with Crippen molar-refractivity contribution in [1.29, 1.82) is 5.26 Å². The van der Waals surface area contributed by atoms with Crippen molar-refractivity contribution >= 4 is 0 Å². The lowest BCUT2D eigenvalue weighted by Crippen LogP contribution is -2.48. The Kier molecular flexibility index (Phi) is 3.78. The van der Waals surface area contributed by atoms with Crippen LogP contribution >= 0.6 is 0 Å². The Bertz CT molecular complexity index is 295. The zero-order valence-corrected chi connectivity index (χ0v) is 11.4. The van der Waals surface area contributed by atoms with Gasteiger partial charge in [0.1, 0.15) is 5.54 Å². The van der Waals surface area contributed by atoms with Crippen molar-refractivity contribution in [2.24, 2.45) is 5.41 Å². The number of nitriles is 1. The number of hydrogen-bond acceptors (Lipinski definition) is 2. The van der Waals surface area contributed by atoms with E-state index in [-0.39, 0.29) is 5.54 Å². The first-order valence-corrected chi connectivity index (χ1v) is 7.24. The molecule has 1 atom stereocenters. The smallest absolute Gasteiger partial charge is 0.107 e. The fourth-order valence-corrected chi connectivity index (χ4v) is 3.61. The highest BCUT2D eigenvalue weighted by Gasteiger charge is 2.44. The van der Waals surface area contributed by atoms with Crippen molar-refractivity contribution in [2.75, 3.05) is 0 Å². The molecule has 0 aliphatic heterocycles. The van der Waals surface area contributed by atoms with E-state index < -0.39 is 0 Å². The topological polar surface area (TPSA) is 35.8 Å². The highest BCUT2D eigenvalue weighted by atomic mass is 15.0. The van der Waals surface area contributed by atoms with Crippen LogP contribution in [-0.2, 0) is 0 Å². The summed E-state index contributed by atoms with van der Waals surface area (Å²) in [5.74, 6) is 0. The van der Waals surface area contributed by atoms with Gasteiger partial charge >= 0.3 is 0 Å². The molecule has 17 heavy (non-hydrogen) atoms. The first-order chi connectivity index (χ1) is 8.05. The minimum Gasteiger partial charge on any atom is -0.297 e. The highest BCUT2D eigenvalue weighted by molar-refractivity contribution is 5.14. The second-order valence-electron chi connectivity index (χ2n) is 6.87. The molecule has 0 heterocycles. The van der Waals surface area contributed by atoms with Crippen LogP contribution in [0.4, 0.5) is 0 Å². The predicted octanol–water partition coefficient (Wildman–Crippen LogP) is 3.77. The standard InChI is InChI=1S/C15H26N2/c1-14(2)9-10-15(11-14,12-16)17-13-7-5-3-4-6-8-13/h13,17H,3-11H2,1-2H3. The van der Waals surface area contributed by atoms with E-state index in [4.69, 9.17) is 0 Å². The number of hydrogen-bond donors (Lipinski definition) is 1. The van der Waals surface area contributed by atoms with Gasteiger partial charge in [-0.15, -0.1) is 0 Å². The molecule has 0 aromatic carbocycles. The van der Waals surface area contributed by atoms with Crippen molar-refractivity contribution in [3.05, 3.63) is 0 Å². The van der Waals surface area contributed by atoms with Crippen LogP contribution in [-0.4, -0.2) is 11.6 Å². The van der Waals surface area contributed by atoms with Gasteiger partial charge in [-0.1, -0.05) is 39.5 Å². The molecule has 2 heteroatoms. The van der Waals surface area contributed by atoms with E-state index in [1.54, 1.807) is 0 Å². The van der Waals surface area contributed by atoms with Gasteiger partial charge in [0.15, 0.2) is 0 Å². The molecule has 0 aromatic heterocycles. The molecule has 0 radical (unpaired) electrons. The van der Waals surface area contributed by atoms with Crippen LogP contribution in [0.1, 0.15) is 71.6 Å². The fraction of sp³-hybridized carbons (Fsp3) is 0.933. The van der Waals surface area contributed by atoms with Gasteiger partial charge in [-0.2, -0.15) is 5.26 Å². The second-order valence-corrected chi connectivity index (χ2v) is 6.87. The maximum Gasteiger partial charge on any atom is 0.107 e. The maximum absolute atomic E-state index is 9.54. The average molecular weight is 234 g/mol. The van der Waals surface area contributed by atoms with Gasteiger partial charge in [-0.3, -0.25) is 5.32 Å². The summed E-state index contributed by atoms with van der Waals surface area (Å²) in [6.45, 7) is 4.59. The van der Waals surface area contributed by atoms with Gasteiger partial charge in [-0.25, -0.2) is 0 Å². The largest absolute Gasteiger partial charge is 0.297 e. The Morgan fingerprint density at radius 1 is 1.06 bits per heavy atom. The fourth-order valence-electron chi connectivity index (χ4n) is 3.61. The lowest BCUT2D eigenvalue weighted by Gasteiger charge is -2.30. The minimum absolute atomic E-state index is 0.224. The van der Waals surface area contributed by atoms with Gasteiger partial charge in [0.05, 0.1) is 6.07 Å². The molecular formula is C15H26N2. The predicted molar refractivity (Wildman–Crippen MR) is 70.6 cm³/mol. The summed E-state index contributed by atoms with van der Waals surface area (Å²) in [5.41, 5.74) is 0.117. The van der Waals surface area contributed by atoms with E-state index in [9.17, 15) is 5.26 Å². The first kappa shape index (κ1) is 12.9. The summed E-state index contributed by atoms with van der Waals surface area (Å²) in [6.07, 6.45) is 11.2. The second kappa shape index (κ2) is 4.98. The van der Waals surface area contributed by atoms with Crippen molar-refractivity contribution < 1.29 is 0 Å². The molecule has 0 saturated heterocycles. The summed E-state index contributed by atoms with van der Waals surface area (Å²) in [7, 11) is 0. The van der Waals surface area contributed by atoms with E-state index >= 15 is 0 Å². The molecular weight excluding hydrogens is 208 g/mol. The molecule has 1 N–H and O–H groups in total. The average Bonchev–Trinajstić information content (AvgIpc) is 2.47. The molecule has 2 aliphatic rings. The number of nitrogens with one attached hydrogen (secondary N) is 1. The van der Waals surface area contributed by atoms with E-state index in [0.29, 0.717) is 11.5 Å². The summed E-state index contributed by atoms with van der Waals surface area (Å²) in [5, 5.41) is 13.3. The summed E-state index contributed by atoms with van der Waals surface area (Å²) < 4.78 is 0. The molecule has 2 saturated carbocycles. The monoisotopic (exact) mass is 234 g/mol. The lowest BCUT2D eigenvalue weighted by molar-refractivity contribution is 0.297. The van der Waals surface area contributed by atoms with Gasteiger partial charge in [-0.05, 0) is 37.5 Å². The molecule has 0 spiro atoms. The van der Waals surface area contributed by atoms with Crippen LogP contribution in [0.3, 0.4) is 0 Å². The van der Waals surface area contributed by atoms with E-state index in [2.05, 4.69) is 25.2 Å². The normalized spacial score (nSPS) is 34.2. The molecule has 0 aromatic rings. The summed E-state index contributed by atoms with van der Waals surface area (Å²) in [6, 6.07) is 3.18. The van der Waals surface area contributed by atoms with Crippen molar-refractivity contribution in [3.63, 3.8) is 0 Å². The zero-order valence-electron chi connectivity index (χ0n) is 11.4. The molecule has 0 amide bonds. The molecule has 1 unspecified atom stereocenters. The van der Waals surface area contributed by atoms with Crippen molar-refractivity contribution in [3.8, 4) is 6.07 Å². The Morgan fingerprint density at radius 2 is 1.71 bits per heavy atom. The number of rotatable bonds is 2. The van der Waals surface area contributed by atoms with E-state index in [1.165, 1.54) is 44.9 Å². The molecule has 0 bridgehead atoms. The van der Waals surface area contributed by atoms with Crippen LogP contribution in [0.5, 0.6) is 0 Å². The third-order valence-electron chi connectivity index (χ3n) is 4.56. The Balaban J connectivity index is 1.98. The lowest BCUT2D eigenvalue weighted by atomic mass is 9.87. The van der Waals surface area contributed by atoms with Gasteiger partial charge < -0.3 is 0 Å². The van der Waals surface area contributed by atoms with Crippen molar-refractivity contribution in [1.82, 2.24) is 5.32 Å². The molecule has 96 valence electrons. The minimum atomic E-state index is -0.224. The first-order valence-electron chi connectivity index (χ1n) is 7.24. The maximum atomic E-state index is 9.54. The number of nitrogens with zero attached hydrogens (tertiary/aromatic N) is 1. The Morgan fingerprint density at radius 3 is 2.18 bits per heavy atom. The highest BCUT2D eigenvalue weighted by Crippen LogP contribution is 2.43. The SMILES string of the molecule is CC1(C)CCC(C#N)(NC2CCCCCC2)C1. The van der Waals surface area contributed by atoms with Crippen molar-refractivity contribution in [2.45, 2.75) is 83.2 Å².